The van der Waals surface area contributed by atoms with Gasteiger partial charge < -0.3 is 40.1 Å². The SMILES string of the molecule is OC1CC=CO1.OCC1OC(O)C(O)C(O)C1O. The smallest absolute Gasteiger partial charge is 0.200 e. The van der Waals surface area contributed by atoms with Gasteiger partial charge in [-0.1, -0.05) is 0 Å². The summed E-state index contributed by atoms with van der Waals surface area (Å²) >= 11 is 0. The van der Waals surface area contributed by atoms with Gasteiger partial charge in [0.2, 0.25) is 0 Å². The predicted molar refractivity (Wildman–Crippen MR) is 56.8 cm³/mol. The minimum Gasteiger partial charge on any atom is -0.473 e. The van der Waals surface area contributed by atoms with Crippen molar-refractivity contribution in [3.8, 4) is 0 Å². The average Bonchev–Trinajstić information content (AvgIpc) is 2.83. The van der Waals surface area contributed by atoms with Gasteiger partial charge in [-0.05, 0) is 6.08 Å². The molecule has 106 valence electrons. The minimum atomic E-state index is -1.57. The van der Waals surface area contributed by atoms with E-state index in [2.05, 4.69) is 9.47 Å². The zero-order chi connectivity index (χ0) is 13.7. The first-order valence-corrected chi connectivity index (χ1v) is 5.44. The van der Waals surface area contributed by atoms with Crippen molar-refractivity contribution in [1.82, 2.24) is 0 Å². The van der Waals surface area contributed by atoms with Crippen LogP contribution in [-0.4, -0.2) is 74.2 Å². The van der Waals surface area contributed by atoms with E-state index in [0.29, 0.717) is 6.42 Å². The molecule has 0 amide bonds. The second-order valence-corrected chi connectivity index (χ2v) is 3.92. The van der Waals surface area contributed by atoms with Crippen molar-refractivity contribution >= 4 is 0 Å². The second-order valence-electron chi connectivity index (χ2n) is 3.92. The van der Waals surface area contributed by atoms with Gasteiger partial charge in [0.05, 0.1) is 12.9 Å². The molecule has 2 rings (SSSR count). The van der Waals surface area contributed by atoms with Crippen LogP contribution in [-0.2, 0) is 9.47 Å². The van der Waals surface area contributed by atoms with E-state index < -0.39 is 43.6 Å². The van der Waals surface area contributed by atoms with Crippen molar-refractivity contribution in [2.45, 2.75) is 43.4 Å². The maximum absolute atomic E-state index is 9.12. The Morgan fingerprint density at radius 3 is 2.06 bits per heavy atom. The summed E-state index contributed by atoms with van der Waals surface area (Å²) in [5.74, 6) is 0. The van der Waals surface area contributed by atoms with Crippen LogP contribution in [0, 0.1) is 0 Å². The highest BCUT2D eigenvalue weighted by molar-refractivity contribution is 4.87. The highest BCUT2D eigenvalue weighted by Gasteiger charge is 2.42. The van der Waals surface area contributed by atoms with Crippen LogP contribution in [0.4, 0.5) is 0 Å². The van der Waals surface area contributed by atoms with Crippen LogP contribution in [0.2, 0.25) is 0 Å². The topological polar surface area (TPSA) is 140 Å². The zero-order valence-corrected chi connectivity index (χ0v) is 9.53. The quantitative estimate of drug-likeness (QED) is 0.295. The number of aliphatic hydroxyl groups excluding tert-OH is 6. The van der Waals surface area contributed by atoms with Crippen molar-refractivity contribution in [2.24, 2.45) is 0 Å². The highest BCUT2D eigenvalue weighted by Crippen LogP contribution is 2.18. The Hall–Kier alpha value is -0.740. The van der Waals surface area contributed by atoms with Crippen LogP contribution in [0.1, 0.15) is 6.42 Å². The van der Waals surface area contributed by atoms with E-state index in [1.807, 2.05) is 0 Å². The molecule has 0 aliphatic carbocycles. The van der Waals surface area contributed by atoms with Gasteiger partial charge in [0.15, 0.2) is 12.6 Å². The standard InChI is InChI=1S/C6H12O6.C4H6O2/c7-1-2-3(8)4(9)5(10)6(11)12-2;5-4-2-1-3-6-4/h2-11H,1H2;1,3-5H,2H2. The predicted octanol–water partition coefficient (Wildman–Crippen LogP) is -2.98. The summed E-state index contributed by atoms with van der Waals surface area (Å²) in [5.41, 5.74) is 0. The van der Waals surface area contributed by atoms with Gasteiger partial charge in [0, 0.05) is 6.42 Å². The molecular weight excluding hydrogens is 248 g/mol. The van der Waals surface area contributed by atoms with Crippen LogP contribution in [0.25, 0.3) is 0 Å². The summed E-state index contributed by atoms with van der Waals surface area (Å²) in [5, 5.41) is 53.1. The third-order valence-electron chi connectivity index (χ3n) is 2.54. The number of ether oxygens (including phenoxy) is 2. The van der Waals surface area contributed by atoms with E-state index in [4.69, 9.17) is 30.6 Å². The number of hydrogen-bond acceptors (Lipinski definition) is 8. The van der Waals surface area contributed by atoms with Crippen LogP contribution in [0.3, 0.4) is 0 Å². The lowest BCUT2D eigenvalue weighted by Crippen LogP contribution is -2.58. The fraction of sp³-hybridized carbons (Fsp3) is 0.800. The van der Waals surface area contributed by atoms with Gasteiger partial charge in [-0.3, -0.25) is 0 Å². The zero-order valence-electron chi connectivity index (χ0n) is 9.53. The first kappa shape index (κ1) is 15.3. The molecule has 2 heterocycles. The van der Waals surface area contributed by atoms with E-state index in [0.717, 1.165) is 0 Å². The molecule has 0 aromatic carbocycles. The Morgan fingerprint density at radius 1 is 1.00 bits per heavy atom. The molecule has 1 fully saturated rings. The van der Waals surface area contributed by atoms with Crippen LogP contribution in [0.15, 0.2) is 12.3 Å². The molecule has 18 heavy (non-hydrogen) atoms. The third kappa shape index (κ3) is 3.89. The molecular formula is C10H18O8. The van der Waals surface area contributed by atoms with Crippen LogP contribution >= 0.6 is 0 Å². The Kier molecular flexibility index (Phi) is 5.96. The summed E-state index contributed by atoms with van der Waals surface area (Å²) in [6, 6.07) is 0. The van der Waals surface area contributed by atoms with Gasteiger partial charge >= 0.3 is 0 Å². The lowest BCUT2D eigenvalue weighted by molar-refractivity contribution is -0.286. The molecule has 0 bridgehead atoms. The minimum absolute atomic E-state index is 0.526. The van der Waals surface area contributed by atoms with Crippen molar-refractivity contribution in [1.29, 1.82) is 0 Å². The fourth-order valence-corrected chi connectivity index (χ4v) is 1.46. The number of hydrogen-bond donors (Lipinski definition) is 6. The van der Waals surface area contributed by atoms with E-state index in [-0.39, 0.29) is 0 Å². The first-order chi connectivity index (χ1) is 8.47. The lowest BCUT2D eigenvalue weighted by Gasteiger charge is -2.37. The molecule has 0 saturated carbocycles. The maximum atomic E-state index is 9.12. The fourth-order valence-electron chi connectivity index (χ4n) is 1.46. The molecule has 2 aliphatic heterocycles. The summed E-state index contributed by atoms with van der Waals surface area (Å²) in [4.78, 5) is 0. The van der Waals surface area contributed by atoms with Gasteiger partial charge in [-0.15, -0.1) is 0 Å². The van der Waals surface area contributed by atoms with E-state index in [1.165, 1.54) is 6.26 Å². The molecule has 6 unspecified atom stereocenters. The molecule has 0 aromatic rings. The Bertz CT molecular complexity index is 258. The summed E-state index contributed by atoms with van der Waals surface area (Å²) in [7, 11) is 0. The Labute approximate surface area is 103 Å². The first-order valence-electron chi connectivity index (χ1n) is 5.44. The number of rotatable bonds is 1. The summed E-state index contributed by atoms with van der Waals surface area (Å²) in [6.45, 7) is -0.526. The molecule has 0 radical (unpaired) electrons. The van der Waals surface area contributed by atoms with Crippen molar-refractivity contribution < 1.29 is 40.1 Å². The molecule has 8 heteroatoms. The molecule has 1 saturated heterocycles. The summed E-state index contributed by atoms with van der Waals surface area (Å²) < 4.78 is 9.10. The monoisotopic (exact) mass is 266 g/mol. The molecule has 6 atom stereocenters. The van der Waals surface area contributed by atoms with Crippen molar-refractivity contribution in [3.05, 3.63) is 12.3 Å². The highest BCUT2D eigenvalue weighted by atomic mass is 16.6. The summed E-state index contributed by atoms with van der Waals surface area (Å²) in [6.07, 6.45) is -3.68. The molecule has 0 aromatic heterocycles. The maximum Gasteiger partial charge on any atom is 0.200 e. The largest absolute Gasteiger partial charge is 0.473 e. The molecule has 0 spiro atoms. The van der Waals surface area contributed by atoms with E-state index >= 15 is 0 Å². The molecule has 6 N–H and O–H groups in total. The van der Waals surface area contributed by atoms with E-state index in [9.17, 15) is 0 Å². The van der Waals surface area contributed by atoms with Crippen molar-refractivity contribution in [3.63, 3.8) is 0 Å². The Balaban J connectivity index is 0.000000225. The number of aliphatic hydroxyl groups is 6. The second kappa shape index (κ2) is 7.00. The van der Waals surface area contributed by atoms with Gasteiger partial charge in [-0.25, -0.2) is 0 Å². The lowest BCUT2D eigenvalue weighted by atomic mass is 10.00. The average molecular weight is 266 g/mol. The van der Waals surface area contributed by atoms with Crippen LogP contribution < -0.4 is 0 Å². The normalized spacial score (nSPS) is 43.0. The van der Waals surface area contributed by atoms with Crippen LogP contribution in [0.5, 0.6) is 0 Å². The van der Waals surface area contributed by atoms with Crippen molar-refractivity contribution in [2.75, 3.05) is 6.61 Å². The van der Waals surface area contributed by atoms with Gasteiger partial charge in [0.1, 0.15) is 24.4 Å². The van der Waals surface area contributed by atoms with Gasteiger partial charge in [0.25, 0.3) is 0 Å². The molecule has 8 nitrogen and oxygen atoms in total. The molecule has 2 aliphatic rings. The van der Waals surface area contributed by atoms with E-state index in [1.54, 1.807) is 6.08 Å². The Morgan fingerprint density at radius 2 is 1.67 bits per heavy atom. The third-order valence-corrected chi connectivity index (χ3v) is 2.54. The van der Waals surface area contributed by atoms with Gasteiger partial charge in [-0.2, -0.15) is 0 Å².